The van der Waals surface area contributed by atoms with Crippen LogP contribution in [0.5, 0.6) is 5.75 Å². The van der Waals surface area contributed by atoms with Gasteiger partial charge in [-0.3, -0.25) is 9.36 Å². The van der Waals surface area contributed by atoms with Crippen LogP contribution in [0.4, 0.5) is 10.2 Å². The molecule has 0 amide bonds. The fourth-order valence-corrected chi connectivity index (χ4v) is 4.94. The van der Waals surface area contributed by atoms with Crippen LogP contribution in [0, 0.1) is 5.82 Å². The van der Waals surface area contributed by atoms with E-state index >= 15 is 0 Å². The number of fused-ring (bicyclic) bond motifs is 7. The Morgan fingerprint density at radius 2 is 1.85 bits per heavy atom. The van der Waals surface area contributed by atoms with Gasteiger partial charge in [0.2, 0.25) is 0 Å². The Hall–Kier alpha value is -3.68. The highest BCUT2D eigenvalue weighted by molar-refractivity contribution is 5.72. The predicted molar refractivity (Wildman–Crippen MR) is 123 cm³/mol. The number of aromatic nitrogens is 5. The number of anilines is 1. The number of ether oxygens (including phenoxy) is 1. The molecular weight excluding hydrogens is 419 g/mol. The Morgan fingerprint density at radius 1 is 1.06 bits per heavy atom. The maximum Gasteiger partial charge on any atom is 0.166 e. The minimum Gasteiger partial charge on any atom is -0.482 e. The van der Waals surface area contributed by atoms with Crippen molar-refractivity contribution >= 4 is 5.82 Å². The minimum atomic E-state index is -0.451. The van der Waals surface area contributed by atoms with Crippen LogP contribution < -0.4 is 10.5 Å². The second-order valence-electron chi connectivity index (χ2n) is 8.97. The van der Waals surface area contributed by atoms with Crippen molar-refractivity contribution in [2.24, 2.45) is 7.05 Å². The van der Waals surface area contributed by atoms with Crippen molar-refractivity contribution < 1.29 is 9.13 Å². The summed E-state index contributed by atoms with van der Waals surface area (Å²) >= 11 is 0. The van der Waals surface area contributed by atoms with E-state index < -0.39 is 6.10 Å². The van der Waals surface area contributed by atoms with Crippen molar-refractivity contribution in [1.29, 1.82) is 0 Å². The quantitative estimate of drug-likeness (QED) is 0.454. The number of rotatable bonds is 1. The fraction of sp³-hybridized carbons (Fsp3) is 0.320. The first kappa shape index (κ1) is 20.0. The molecule has 8 heteroatoms. The van der Waals surface area contributed by atoms with Gasteiger partial charge >= 0.3 is 0 Å². The summed E-state index contributed by atoms with van der Waals surface area (Å²) in [6.07, 6.45) is 9.27. The summed E-state index contributed by atoms with van der Waals surface area (Å²) in [6, 6.07) is 7.12. The number of hydrogen-bond acceptors (Lipinski definition) is 5. The Morgan fingerprint density at radius 3 is 2.64 bits per heavy atom. The third kappa shape index (κ3) is 3.20. The first-order chi connectivity index (χ1) is 16.0. The second-order valence-corrected chi connectivity index (χ2v) is 8.97. The van der Waals surface area contributed by atoms with E-state index in [2.05, 4.69) is 14.8 Å². The molecule has 33 heavy (non-hydrogen) atoms. The van der Waals surface area contributed by atoms with E-state index in [0.29, 0.717) is 24.0 Å². The number of nitrogens with zero attached hydrogens (tertiary/aromatic N) is 5. The van der Waals surface area contributed by atoms with Gasteiger partial charge in [0.15, 0.2) is 11.6 Å². The number of nitrogens with two attached hydrogens (primary N) is 1. The Balaban J connectivity index is 1.62. The van der Waals surface area contributed by atoms with E-state index in [0.717, 1.165) is 52.0 Å². The zero-order chi connectivity index (χ0) is 22.7. The third-order valence-corrected chi connectivity index (χ3v) is 6.85. The van der Waals surface area contributed by atoms with Crippen LogP contribution >= 0.6 is 0 Å². The average Bonchev–Trinajstić information content (AvgIpc) is 3.32. The van der Waals surface area contributed by atoms with Gasteiger partial charge in [0.25, 0.3) is 0 Å². The molecule has 1 aliphatic heterocycles. The van der Waals surface area contributed by atoms with Gasteiger partial charge in [-0.1, -0.05) is 0 Å². The van der Waals surface area contributed by atoms with Gasteiger partial charge in [-0.2, -0.15) is 10.2 Å². The Kier molecular flexibility index (Phi) is 4.50. The molecule has 7 nitrogen and oxygen atoms in total. The topological polar surface area (TPSA) is 83.8 Å². The molecule has 4 aromatic rings. The number of nitrogen functional groups attached to an aromatic ring is 1. The zero-order valence-corrected chi connectivity index (χ0v) is 18.6. The van der Waals surface area contributed by atoms with E-state index in [9.17, 15) is 4.39 Å². The van der Waals surface area contributed by atoms with Gasteiger partial charge < -0.3 is 10.5 Å². The third-order valence-electron chi connectivity index (χ3n) is 6.85. The molecular formula is C25H25FN6O. The number of hydrogen-bond donors (Lipinski definition) is 1. The molecule has 1 fully saturated rings. The molecule has 0 spiro atoms. The van der Waals surface area contributed by atoms with Crippen LogP contribution in [-0.4, -0.2) is 24.5 Å². The number of pyridine rings is 1. The van der Waals surface area contributed by atoms with E-state index in [4.69, 9.17) is 15.6 Å². The second kappa shape index (κ2) is 7.43. The van der Waals surface area contributed by atoms with Gasteiger partial charge in [-0.15, -0.1) is 0 Å². The van der Waals surface area contributed by atoms with Gasteiger partial charge in [0.1, 0.15) is 11.9 Å². The van der Waals surface area contributed by atoms with Crippen molar-refractivity contribution in [3.05, 3.63) is 65.4 Å². The summed E-state index contributed by atoms with van der Waals surface area (Å²) in [6.45, 7) is 1.90. The molecule has 1 unspecified atom stereocenters. The van der Waals surface area contributed by atoms with Crippen molar-refractivity contribution in [1.82, 2.24) is 24.5 Å². The first-order valence-corrected chi connectivity index (χ1v) is 11.3. The normalized spacial score (nSPS) is 17.6. The molecule has 0 radical (unpaired) electrons. The van der Waals surface area contributed by atoms with E-state index in [1.54, 1.807) is 12.3 Å². The van der Waals surface area contributed by atoms with E-state index in [1.165, 1.54) is 18.6 Å². The molecule has 6 rings (SSSR count). The highest BCUT2D eigenvalue weighted by Crippen LogP contribution is 2.41. The maximum absolute atomic E-state index is 14.3. The zero-order valence-electron chi connectivity index (χ0n) is 18.6. The summed E-state index contributed by atoms with van der Waals surface area (Å²) in [7, 11) is 1.91. The lowest BCUT2D eigenvalue weighted by atomic mass is 9.91. The largest absolute Gasteiger partial charge is 0.482 e. The van der Waals surface area contributed by atoms with Crippen LogP contribution in [0.3, 0.4) is 0 Å². The molecule has 1 atom stereocenters. The van der Waals surface area contributed by atoms with Crippen LogP contribution in [0.1, 0.15) is 55.0 Å². The lowest BCUT2D eigenvalue weighted by molar-refractivity contribution is 0.227. The highest BCUT2D eigenvalue weighted by Gasteiger charge is 2.28. The first-order valence-electron chi connectivity index (χ1n) is 11.3. The SMILES string of the molecule is CC1Oc2cc(cnc2N)-c2c(cnn2C2CCC2)Cc2cnn(C)c2-c2ccc(F)cc21. The van der Waals surface area contributed by atoms with Crippen LogP contribution in [-0.2, 0) is 13.5 Å². The molecule has 2 aliphatic rings. The molecule has 1 saturated carbocycles. The summed E-state index contributed by atoms with van der Waals surface area (Å²) in [5.41, 5.74) is 12.8. The predicted octanol–water partition coefficient (Wildman–Crippen LogP) is 4.84. The van der Waals surface area contributed by atoms with E-state index in [1.807, 2.05) is 37.1 Å². The smallest absolute Gasteiger partial charge is 0.166 e. The fourth-order valence-electron chi connectivity index (χ4n) is 4.94. The highest BCUT2D eigenvalue weighted by atomic mass is 19.1. The molecule has 1 aliphatic carbocycles. The number of benzene rings is 1. The molecule has 1 aromatic carbocycles. The Bertz CT molecular complexity index is 1370. The summed E-state index contributed by atoms with van der Waals surface area (Å²) in [5.74, 6) is 0.468. The average molecular weight is 445 g/mol. The van der Waals surface area contributed by atoms with Gasteiger partial charge in [-0.05, 0) is 50.5 Å². The van der Waals surface area contributed by atoms with Gasteiger partial charge in [0, 0.05) is 47.5 Å². The molecule has 0 saturated heterocycles. The summed E-state index contributed by atoms with van der Waals surface area (Å²) < 4.78 is 24.6. The summed E-state index contributed by atoms with van der Waals surface area (Å²) in [5, 5.41) is 9.32. The molecule has 168 valence electrons. The molecule has 2 bridgehead atoms. The number of halogens is 1. The Labute approximate surface area is 191 Å². The van der Waals surface area contributed by atoms with Gasteiger partial charge in [-0.25, -0.2) is 9.37 Å². The maximum atomic E-state index is 14.3. The van der Waals surface area contributed by atoms with Crippen LogP contribution in [0.15, 0.2) is 42.9 Å². The van der Waals surface area contributed by atoms with Crippen LogP contribution in [0.2, 0.25) is 0 Å². The monoisotopic (exact) mass is 444 g/mol. The number of aryl methyl sites for hydroxylation is 1. The van der Waals surface area contributed by atoms with Crippen molar-refractivity contribution in [2.45, 2.75) is 44.8 Å². The lowest BCUT2D eigenvalue weighted by Crippen LogP contribution is -2.19. The lowest BCUT2D eigenvalue weighted by Gasteiger charge is -2.28. The van der Waals surface area contributed by atoms with Crippen molar-refractivity contribution in [2.75, 3.05) is 5.73 Å². The van der Waals surface area contributed by atoms with Gasteiger partial charge in [0.05, 0.1) is 29.8 Å². The minimum absolute atomic E-state index is 0.304. The standard InChI is InChI=1S/C25H25FN6O/c1-14-21-10-18(26)6-7-20(21)24-16(12-29-31(24)2)8-15-13-30-32(19-4-3-5-19)23(15)17-9-22(33-14)25(27)28-11-17/h6-7,9-14,19H,3-5,8H2,1-2H3,(H2,27,28). The van der Waals surface area contributed by atoms with E-state index in [-0.39, 0.29) is 5.82 Å². The van der Waals surface area contributed by atoms with Crippen molar-refractivity contribution in [3.63, 3.8) is 0 Å². The summed E-state index contributed by atoms with van der Waals surface area (Å²) in [4.78, 5) is 4.43. The van der Waals surface area contributed by atoms with Crippen molar-refractivity contribution in [3.8, 4) is 28.3 Å². The molecule has 2 N–H and O–H groups in total. The molecule has 3 aromatic heterocycles. The van der Waals surface area contributed by atoms with Crippen LogP contribution in [0.25, 0.3) is 22.5 Å². The molecule has 4 heterocycles.